The van der Waals surface area contributed by atoms with Crippen LogP contribution in [0.1, 0.15) is 27.7 Å². The molecular formula is C14H23N3O2. The monoisotopic (exact) mass is 265 g/mol. The second-order valence-corrected chi connectivity index (χ2v) is 4.64. The normalized spacial score (nSPS) is 12.1. The Hall–Kier alpha value is -1.91. The highest BCUT2D eigenvalue weighted by Crippen LogP contribution is 2.30. The van der Waals surface area contributed by atoms with Gasteiger partial charge in [0.1, 0.15) is 11.8 Å². The molecule has 0 bridgehead atoms. The maximum atomic E-state index is 11.7. The topological polar surface area (TPSA) is 76.4 Å². The van der Waals surface area contributed by atoms with E-state index in [2.05, 4.69) is 10.6 Å². The highest BCUT2D eigenvalue weighted by atomic mass is 16.5. The van der Waals surface area contributed by atoms with E-state index in [4.69, 9.17) is 10.5 Å². The minimum absolute atomic E-state index is 0.0540. The van der Waals surface area contributed by atoms with Crippen molar-refractivity contribution in [2.24, 2.45) is 0 Å². The molecule has 19 heavy (non-hydrogen) atoms. The lowest BCUT2D eigenvalue weighted by Crippen LogP contribution is -2.37. The minimum atomic E-state index is -0.350. The number of anilines is 2. The number of hydrogen-bond donors (Lipinski definition) is 3. The Kier molecular flexibility index (Phi) is 5.48. The number of para-hydroxylation sites is 1. The summed E-state index contributed by atoms with van der Waals surface area (Å²) in [6.45, 7) is 8.17. The quantitative estimate of drug-likeness (QED) is 0.688. The molecule has 5 heteroatoms. The molecule has 1 aromatic rings. The maximum Gasteiger partial charge on any atom is 0.242 e. The van der Waals surface area contributed by atoms with E-state index >= 15 is 0 Å². The summed E-state index contributed by atoms with van der Waals surface area (Å²) in [5.74, 6) is 0.570. The summed E-state index contributed by atoms with van der Waals surface area (Å²) >= 11 is 0. The zero-order valence-electron chi connectivity index (χ0n) is 12.0. The van der Waals surface area contributed by atoms with Crippen molar-refractivity contribution in [2.75, 3.05) is 17.6 Å². The number of carbonyl (C=O) groups excluding carboxylic acids is 1. The van der Waals surface area contributed by atoms with Crippen molar-refractivity contribution >= 4 is 17.3 Å². The van der Waals surface area contributed by atoms with Crippen molar-refractivity contribution in [2.45, 2.75) is 39.8 Å². The van der Waals surface area contributed by atoms with Crippen LogP contribution in [0.3, 0.4) is 0 Å². The highest BCUT2D eigenvalue weighted by Gasteiger charge is 2.14. The molecule has 1 aromatic carbocycles. The lowest BCUT2D eigenvalue weighted by Gasteiger charge is -2.19. The Balaban J connectivity index is 2.81. The van der Waals surface area contributed by atoms with E-state index in [0.717, 1.165) is 0 Å². The summed E-state index contributed by atoms with van der Waals surface area (Å²) in [4.78, 5) is 11.7. The van der Waals surface area contributed by atoms with Gasteiger partial charge in [-0.3, -0.25) is 4.79 Å². The number of benzene rings is 1. The third-order valence-corrected chi connectivity index (χ3v) is 2.55. The van der Waals surface area contributed by atoms with E-state index in [1.165, 1.54) is 0 Å². The van der Waals surface area contributed by atoms with Gasteiger partial charge in [0.2, 0.25) is 5.91 Å². The summed E-state index contributed by atoms with van der Waals surface area (Å²) in [6.07, 6.45) is 0.0540. The minimum Gasteiger partial charge on any atom is -0.489 e. The number of hydrogen-bond acceptors (Lipinski definition) is 4. The summed E-state index contributed by atoms with van der Waals surface area (Å²) < 4.78 is 5.61. The van der Waals surface area contributed by atoms with Gasteiger partial charge in [-0.05, 0) is 39.8 Å². The molecule has 1 unspecified atom stereocenters. The fraction of sp³-hybridized carbons (Fsp3) is 0.500. The molecular weight excluding hydrogens is 242 g/mol. The largest absolute Gasteiger partial charge is 0.489 e. The van der Waals surface area contributed by atoms with Gasteiger partial charge in [0.25, 0.3) is 0 Å². The van der Waals surface area contributed by atoms with Gasteiger partial charge in [-0.2, -0.15) is 0 Å². The maximum absolute atomic E-state index is 11.7. The second kappa shape index (κ2) is 6.87. The molecule has 0 heterocycles. The smallest absolute Gasteiger partial charge is 0.242 e. The highest BCUT2D eigenvalue weighted by molar-refractivity contribution is 5.86. The average Bonchev–Trinajstić information content (AvgIpc) is 2.34. The van der Waals surface area contributed by atoms with Crippen molar-refractivity contribution in [1.82, 2.24) is 5.32 Å². The molecule has 1 rings (SSSR count). The van der Waals surface area contributed by atoms with E-state index in [0.29, 0.717) is 23.7 Å². The van der Waals surface area contributed by atoms with E-state index in [1.54, 1.807) is 6.92 Å². The van der Waals surface area contributed by atoms with Crippen LogP contribution in [0.4, 0.5) is 11.4 Å². The molecule has 0 saturated carbocycles. The SMILES string of the molecule is CCNC(=O)C(C)Nc1cccc(OC(C)C)c1N. The Morgan fingerprint density at radius 3 is 2.63 bits per heavy atom. The van der Waals surface area contributed by atoms with Crippen LogP contribution in [-0.2, 0) is 4.79 Å². The number of rotatable bonds is 6. The first-order valence-electron chi connectivity index (χ1n) is 6.55. The Bertz CT molecular complexity index is 433. The summed E-state index contributed by atoms with van der Waals surface area (Å²) in [5.41, 5.74) is 7.26. The fourth-order valence-corrected chi connectivity index (χ4v) is 1.65. The molecule has 0 fully saturated rings. The molecule has 0 aromatic heterocycles. The molecule has 1 amide bonds. The first kappa shape index (κ1) is 15.1. The molecule has 0 saturated heterocycles. The second-order valence-electron chi connectivity index (χ2n) is 4.64. The van der Waals surface area contributed by atoms with Crippen LogP contribution in [0, 0.1) is 0 Å². The number of carbonyl (C=O) groups is 1. The lowest BCUT2D eigenvalue weighted by molar-refractivity contribution is -0.121. The van der Waals surface area contributed by atoms with Crippen LogP contribution >= 0.6 is 0 Å². The predicted molar refractivity (Wildman–Crippen MR) is 78.4 cm³/mol. The molecule has 4 N–H and O–H groups in total. The van der Waals surface area contributed by atoms with Crippen LogP contribution in [0.2, 0.25) is 0 Å². The van der Waals surface area contributed by atoms with E-state index in [1.807, 2.05) is 39.0 Å². The molecule has 0 aliphatic rings. The standard InChI is InChI=1S/C14H23N3O2/c1-5-16-14(18)10(4)17-11-7-6-8-12(13(11)15)19-9(2)3/h6-10,17H,5,15H2,1-4H3,(H,16,18). The zero-order valence-corrected chi connectivity index (χ0v) is 12.0. The van der Waals surface area contributed by atoms with Crippen molar-refractivity contribution < 1.29 is 9.53 Å². The van der Waals surface area contributed by atoms with Crippen molar-refractivity contribution in [3.63, 3.8) is 0 Å². The molecule has 1 atom stereocenters. The molecule has 0 radical (unpaired) electrons. The van der Waals surface area contributed by atoms with Gasteiger partial charge in [-0.1, -0.05) is 6.07 Å². The first-order valence-corrected chi connectivity index (χ1v) is 6.55. The van der Waals surface area contributed by atoms with Crippen LogP contribution in [0.15, 0.2) is 18.2 Å². The third kappa shape index (κ3) is 4.35. The molecule has 0 spiro atoms. The van der Waals surface area contributed by atoms with Gasteiger partial charge in [0, 0.05) is 6.54 Å². The lowest BCUT2D eigenvalue weighted by atomic mass is 10.2. The van der Waals surface area contributed by atoms with Crippen LogP contribution in [0.5, 0.6) is 5.75 Å². The van der Waals surface area contributed by atoms with Crippen LogP contribution in [-0.4, -0.2) is 24.6 Å². The molecule has 0 aliphatic carbocycles. The number of nitrogens with two attached hydrogens (primary N) is 1. The average molecular weight is 265 g/mol. The van der Waals surface area contributed by atoms with Crippen LogP contribution < -0.4 is 21.1 Å². The Morgan fingerprint density at radius 2 is 2.05 bits per heavy atom. The first-order chi connectivity index (χ1) is 8.95. The van der Waals surface area contributed by atoms with Gasteiger partial charge in [-0.15, -0.1) is 0 Å². The Morgan fingerprint density at radius 1 is 1.37 bits per heavy atom. The number of nitrogen functional groups attached to an aromatic ring is 1. The summed E-state index contributed by atoms with van der Waals surface area (Å²) in [6, 6.07) is 5.15. The number of amides is 1. The van der Waals surface area contributed by atoms with Gasteiger partial charge < -0.3 is 21.1 Å². The van der Waals surface area contributed by atoms with Gasteiger partial charge in [-0.25, -0.2) is 0 Å². The Labute approximate surface area is 114 Å². The van der Waals surface area contributed by atoms with Gasteiger partial charge >= 0.3 is 0 Å². The molecule has 0 aliphatic heterocycles. The van der Waals surface area contributed by atoms with Gasteiger partial charge in [0.15, 0.2) is 0 Å². The molecule has 106 valence electrons. The number of nitrogens with one attached hydrogen (secondary N) is 2. The zero-order chi connectivity index (χ0) is 14.4. The van der Waals surface area contributed by atoms with Crippen molar-refractivity contribution in [3.05, 3.63) is 18.2 Å². The summed E-state index contributed by atoms with van der Waals surface area (Å²) in [7, 11) is 0. The molecule has 5 nitrogen and oxygen atoms in total. The fourth-order valence-electron chi connectivity index (χ4n) is 1.65. The number of likely N-dealkylation sites (N-methyl/N-ethyl adjacent to an activating group) is 1. The van der Waals surface area contributed by atoms with Crippen LogP contribution in [0.25, 0.3) is 0 Å². The van der Waals surface area contributed by atoms with Gasteiger partial charge in [0.05, 0.1) is 17.5 Å². The van der Waals surface area contributed by atoms with Crippen molar-refractivity contribution in [3.8, 4) is 5.75 Å². The van der Waals surface area contributed by atoms with E-state index in [9.17, 15) is 4.79 Å². The number of ether oxygens (including phenoxy) is 1. The summed E-state index contributed by atoms with van der Waals surface area (Å²) in [5, 5.41) is 5.85. The van der Waals surface area contributed by atoms with E-state index < -0.39 is 0 Å². The third-order valence-electron chi connectivity index (χ3n) is 2.55. The van der Waals surface area contributed by atoms with Crippen molar-refractivity contribution in [1.29, 1.82) is 0 Å². The van der Waals surface area contributed by atoms with E-state index in [-0.39, 0.29) is 18.1 Å². The predicted octanol–water partition coefficient (Wildman–Crippen LogP) is 1.99.